The molecule has 3 aliphatic rings. The number of piperazine rings is 1. The Bertz CT molecular complexity index is 1660. The maximum absolute atomic E-state index is 16.2. The van der Waals surface area contributed by atoms with Gasteiger partial charge < -0.3 is 35.2 Å². The van der Waals surface area contributed by atoms with E-state index in [1.54, 1.807) is 15.9 Å². The molecule has 11 nitrogen and oxygen atoms in total. The van der Waals surface area contributed by atoms with Crippen molar-refractivity contribution in [3.8, 4) is 5.75 Å². The Hall–Kier alpha value is -4.65. The number of pyridine rings is 1. The lowest BCUT2D eigenvalue weighted by Gasteiger charge is -2.35. The number of hydrogen-bond acceptors (Lipinski definition) is 8. The van der Waals surface area contributed by atoms with E-state index in [1.165, 1.54) is 30.6 Å². The molecule has 4 heterocycles. The fraction of sp³-hybridized carbons (Fsp3) is 0.406. The maximum Gasteiger partial charge on any atom is 0.270 e. The molecule has 5 N–H and O–H groups in total. The van der Waals surface area contributed by atoms with Crippen molar-refractivity contribution in [3.63, 3.8) is 0 Å². The minimum absolute atomic E-state index is 0.0631. The fourth-order valence-electron chi connectivity index (χ4n) is 6.18. The number of methoxy groups -OCH3 is 1. The van der Waals surface area contributed by atoms with Crippen LogP contribution in [0.25, 0.3) is 16.5 Å². The fourth-order valence-corrected chi connectivity index (χ4v) is 6.18. The minimum atomic E-state index is -0.481. The normalized spacial score (nSPS) is 17.2. The zero-order chi connectivity index (χ0) is 31.7. The molecule has 2 fully saturated rings. The van der Waals surface area contributed by atoms with Crippen molar-refractivity contribution in [2.24, 2.45) is 11.6 Å². The van der Waals surface area contributed by atoms with Crippen LogP contribution >= 0.6 is 0 Å². The highest BCUT2D eigenvalue weighted by Gasteiger charge is 2.32. The number of aromatic nitrogens is 2. The van der Waals surface area contributed by atoms with Crippen molar-refractivity contribution < 1.29 is 23.1 Å². The maximum atomic E-state index is 16.2. The lowest BCUT2D eigenvalue weighted by molar-refractivity contribution is -0.130. The number of fused-ring (bicyclic) bond motifs is 1. The third-order valence-corrected chi connectivity index (χ3v) is 8.73. The number of nitrogens with zero attached hydrogens (tertiary/aromatic N) is 5. The summed E-state index contributed by atoms with van der Waals surface area (Å²) in [6.45, 7) is 2.98. The standard InChI is InChI=1S/C32H38F2N8O3/c1-45-27-15-22(33)18-37-31(27)39-11-13-40(14-12-39)32(44)26-17-25-23(20-4-5-20)16-24(29(34)30(25)38-26)21-3-2-8-41(19-21)28(43)6-9-42(36)10-7-35/h3,7,10,15-18,20,38H,2,4-6,8-9,11-14,19,35-36H2,1H3/b10-7-. The van der Waals surface area contributed by atoms with Gasteiger partial charge in [-0.05, 0) is 48.4 Å². The van der Waals surface area contributed by atoms with Gasteiger partial charge >= 0.3 is 0 Å². The third-order valence-electron chi connectivity index (χ3n) is 8.73. The van der Waals surface area contributed by atoms with E-state index in [4.69, 9.17) is 16.3 Å². The number of hydrogen-bond donors (Lipinski definition) is 3. The Balaban J connectivity index is 1.20. The van der Waals surface area contributed by atoms with E-state index in [-0.39, 0.29) is 18.2 Å². The molecule has 2 aromatic heterocycles. The molecule has 1 saturated carbocycles. The van der Waals surface area contributed by atoms with Gasteiger partial charge in [0.15, 0.2) is 17.4 Å². The van der Waals surface area contributed by atoms with Crippen LogP contribution in [0.1, 0.15) is 53.2 Å². The summed E-state index contributed by atoms with van der Waals surface area (Å²) >= 11 is 0. The Morgan fingerprint density at radius 2 is 1.91 bits per heavy atom. The Morgan fingerprint density at radius 3 is 2.62 bits per heavy atom. The van der Waals surface area contributed by atoms with Gasteiger partial charge in [-0.3, -0.25) is 9.59 Å². The van der Waals surface area contributed by atoms with Crippen LogP contribution < -0.4 is 21.2 Å². The highest BCUT2D eigenvalue weighted by Crippen LogP contribution is 2.45. The molecule has 6 rings (SSSR count). The summed E-state index contributed by atoms with van der Waals surface area (Å²) < 4.78 is 35.2. The van der Waals surface area contributed by atoms with E-state index in [1.807, 2.05) is 17.0 Å². The lowest BCUT2D eigenvalue weighted by atomic mass is 9.94. The lowest BCUT2D eigenvalue weighted by Crippen LogP contribution is -2.49. The number of aromatic amines is 1. The number of rotatable bonds is 9. The number of amides is 2. The van der Waals surface area contributed by atoms with Crippen LogP contribution in [0.5, 0.6) is 5.75 Å². The number of nitrogens with two attached hydrogens (primary N) is 2. The molecule has 1 saturated heterocycles. The number of carbonyl (C=O) groups is 2. The Kier molecular flexibility index (Phi) is 8.61. The summed E-state index contributed by atoms with van der Waals surface area (Å²) in [6, 6.07) is 4.97. The summed E-state index contributed by atoms with van der Waals surface area (Å²) in [5, 5.41) is 2.08. The Morgan fingerprint density at radius 1 is 1.13 bits per heavy atom. The second-order valence-electron chi connectivity index (χ2n) is 11.7. The molecule has 0 atom stereocenters. The largest absolute Gasteiger partial charge is 0.493 e. The van der Waals surface area contributed by atoms with Gasteiger partial charge in [0.05, 0.1) is 18.8 Å². The van der Waals surface area contributed by atoms with E-state index in [0.717, 1.165) is 35.6 Å². The highest BCUT2D eigenvalue weighted by atomic mass is 19.1. The first-order valence-corrected chi connectivity index (χ1v) is 15.2. The van der Waals surface area contributed by atoms with Gasteiger partial charge in [0, 0.05) is 81.7 Å². The predicted molar refractivity (Wildman–Crippen MR) is 167 cm³/mol. The summed E-state index contributed by atoms with van der Waals surface area (Å²) in [6.07, 6.45) is 8.80. The van der Waals surface area contributed by atoms with Crippen LogP contribution in [0, 0.1) is 11.6 Å². The topological polar surface area (TPSA) is 137 Å². The monoisotopic (exact) mass is 620 g/mol. The highest BCUT2D eigenvalue weighted by molar-refractivity contribution is 6.00. The first-order valence-electron chi connectivity index (χ1n) is 15.2. The molecule has 238 valence electrons. The van der Waals surface area contributed by atoms with Crippen LogP contribution in [0.15, 0.2) is 42.9 Å². The van der Waals surface area contributed by atoms with Gasteiger partial charge in [-0.15, -0.1) is 0 Å². The van der Waals surface area contributed by atoms with E-state index < -0.39 is 11.6 Å². The van der Waals surface area contributed by atoms with Crippen molar-refractivity contribution in [2.75, 3.05) is 57.8 Å². The summed E-state index contributed by atoms with van der Waals surface area (Å²) in [5.41, 5.74) is 8.25. The van der Waals surface area contributed by atoms with E-state index in [9.17, 15) is 14.0 Å². The van der Waals surface area contributed by atoms with Gasteiger partial charge in [-0.25, -0.2) is 19.6 Å². The van der Waals surface area contributed by atoms with E-state index >= 15 is 4.39 Å². The van der Waals surface area contributed by atoms with Crippen molar-refractivity contribution in [3.05, 3.63) is 71.3 Å². The molecule has 0 radical (unpaired) electrons. The van der Waals surface area contributed by atoms with Crippen LogP contribution in [-0.4, -0.2) is 89.5 Å². The smallest absolute Gasteiger partial charge is 0.270 e. The summed E-state index contributed by atoms with van der Waals surface area (Å²) in [7, 11) is 1.47. The number of carbonyl (C=O) groups excluding carboxylic acids is 2. The molecule has 1 aromatic carbocycles. The molecule has 0 unspecified atom stereocenters. The number of H-pyrrole nitrogens is 1. The molecule has 0 bridgehead atoms. The van der Waals surface area contributed by atoms with E-state index in [0.29, 0.717) is 86.5 Å². The quantitative estimate of drug-likeness (QED) is 0.245. The first-order chi connectivity index (χ1) is 21.8. The number of anilines is 1. The van der Waals surface area contributed by atoms with Crippen molar-refractivity contribution >= 4 is 34.1 Å². The third kappa shape index (κ3) is 6.30. The van der Waals surface area contributed by atoms with Crippen LogP contribution in [0.4, 0.5) is 14.6 Å². The minimum Gasteiger partial charge on any atom is -0.493 e. The zero-order valence-corrected chi connectivity index (χ0v) is 25.3. The van der Waals surface area contributed by atoms with Crippen molar-refractivity contribution in [2.45, 2.75) is 31.6 Å². The van der Waals surface area contributed by atoms with Crippen molar-refractivity contribution in [1.29, 1.82) is 0 Å². The first kappa shape index (κ1) is 30.4. The van der Waals surface area contributed by atoms with Gasteiger partial charge in [-0.2, -0.15) is 0 Å². The van der Waals surface area contributed by atoms with Crippen LogP contribution in [0.2, 0.25) is 0 Å². The molecule has 1 aliphatic carbocycles. The average Bonchev–Trinajstić information content (AvgIpc) is 3.80. The van der Waals surface area contributed by atoms with Gasteiger partial charge in [0.25, 0.3) is 5.91 Å². The number of ether oxygens (including phenoxy) is 1. The summed E-state index contributed by atoms with van der Waals surface area (Å²) in [5.74, 6) is 5.81. The second-order valence-corrected chi connectivity index (χ2v) is 11.7. The zero-order valence-electron chi connectivity index (χ0n) is 25.3. The van der Waals surface area contributed by atoms with E-state index in [2.05, 4.69) is 9.97 Å². The molecular formula is C32H38F2N8O3. The molecular weight excluding hydrogens is 582 g/mol. The van der Waals surface area contributed by atoms with Gasteiger partial charge in [0.2, 0.25) is 5.91 Å². The molecule has 3 aromatic rings. The average molecular weight is 621 g/mol. The van der Waals surface area contributed by atoms with Crippen LogP contribution in [-0.2, 0) is 4.79 Å². The van der Waals surface area contributed by atoms with Crippen molar-refractivity contribution in [1.82, 2.24) is 24.8 Å². The van der Waals surface area contributed by atoms with Gasteiger partial charge in [0.1, 0.15) is 11.5 Å². The Labute approximate surface area is 260 Å². The summed E-state index contributed by atoms with van der Waals surface area (Å²) in [4.78, 5) is 39.3. The molecule has 0 spiro atoms. The predicted octanol–water partition coefficient (Wildman–Crippen LogP) is 3.30. The number of hydrazine groups is 1. The number of halogens is 2. The van der Waals surface area contributed by atoms with Crippen LogP contribution in [0.3, 0.4) is 0 Å². The SMILES string of the molecule is COc1cc(F)cnc1N1CCN(C(=O)c2cc3c(C4CC4)cc(C4=CCCN(C(=O)CCN(N)/C=C\N)C4)c(F)c3[nH]2)CC1. The number of benzene rings is 1. The second kappa shape index (κ2) is 12.8. The molecule has 2 amide bonds. The van der Waals surface area contributed by atoms with Gasteiger partial charge in [-0.1, -0.05) is 6.08 Å². The number of nitrogens with one attached hydrogen (secondary N) is 1. The molecule has 2 aliphatic heterocycles. The molecule has 13 heteroatoms. The molecule has 45 heavy (non-hydrogen) atoms.